The first kappa shape index (κ1) is 19.2. The first-order valence-corrected chi connectivity index (χ1v) is 10.4. The molecule has 4 aromatic rings. The first-order valence-electron chi connectivity index (χ1n) is 10.4. The molecule has 0 aliphatic heterocycles. The summed E-state index contributed by atoms with van der Waals surface area (Å²) in [6, 6.07) is 19.4. The van der Waals surface area contributed by atoms with Gasteiger partial charge in [0.15, 0.2) is 0 Å². The summed E-state index contributed by atoms with van der Waals surface area (Å²) in [5.41, 5.74) is 4.24. The standard InChI is InChI=1S/C24H23N5O2/c1-15(17-7-4-3-5-8-17)25-23(30)19-9-6-10-20(13-19)29-22(18-11-12-18)14-21(28-29)24-27-26-16(2)31-24/h3-10,13-15,18H,11-12H2,1-2H3,(H,25,30)/t15-/m0/s1. The molecule has 1 amide bonds. The van der Waals surface area contributed by atoms with Gasteiger partial charge in [-0.05, 0) is 49.6 Å². The first-order chi connectivity index (χ1) is 15.1. The Kier molecular flexibility index (Phi) is 4.86. The van der Waals surface area contributed by atoms with Gasteiger partial charge >= 0.3 is 0 Å². The van der Waals surface area contributed by atoms with E-state index in [1.165, 1.54) is 0 Å². The number of rotatable bonds is 6. The van der Waals surface area contributed by atoms with Crippen molar-refractivity contribution < 1.29 is 9.21 Å². The summed E-state index contributed by atoms with van der Waals surface area (Å²) in [6.07, 6.45) is 2.26. The highest BCUT2D eigenvalue weighted by molar-refractivity contribution is 5.95. The summed E-state index contributed by atoms with van der Waals surface area (Å²) in [6.45, 7) is 3.74. The zero-order valence-corrected chi connectivity index (χ0v) is 17.4. The number of aromatic nitrogens is 4. The molecule has 1 fully saturated rings. The average molecular weight is 413 g/mol. The van der Waals surface area contributed by atoms with Crippen LogP contribution in [0.5, 0.6) is 0 Å². The lowest BCUT2D eigenvalue weighted by Crippen LogP contribution is -2.26. The highest BCUT2D eigenvalue weighted by atomic mass is 16.4. The maximum atomic E-state index is 12.9. The van der Waals surface area contributed by atoms with Gasteiger partial charge in [0.2, 0.25) is 5.89 Å². The van der Waals surface area contributed by atoms with Crippen LogP contribution in [0, 0.1) is 6.92 Å². The summed E-state index contributed by atoms with van der Waals surface area (Å²) in [4.78, 5) is 12.9. The number of nitrogens with zero attached hydrogens (tertiary/aromatic N) is 4. The number of carbonyl (C=O) groups excluding carboxylic acids is 1. The molecule has 0 bridgehead atoms. The Morgan fingerprint density at radius 1 is 1.10 bits per heavy atom. The number of hydrogen-bond donors (Lipinski definition) is 1. The van der Waals surface area contributed by atoms with Gasteiger partial charge in [0.25, 0.3) is 11.8 Å². The molecule has 1 saturated carbocycles. The van der Waals surface area contributed by atoms with Crippen molar-refractivity contribution in [2.45, 2.75) is 38.6 Å². The van der Waals surface area contributed by atoms with E-state index in [0.717, 1.165) is 29.8 Å². The van der Waals surface area contributed by atoms with E-state index in [4.69, 9.17) is 9.52 Å². The second kappa shape index (κ2) is 7.83. The zero-order chi connectivity index (χ0) is 21.4. The lowest BCUT2D eigenvalue weighted by atomic mass is 10.1. The monoisotopic (exact) mass is 413 g/mol. The van der Waals surface area contributed by atoms with Gasteiger partial charge in [-0.25, -0.2) is 4.68 Å². The predicted molar refractivity (Wildman–Crippen MR) is 116 cm³/mol. The Balaban J connectivity index is 1.43. The number of carbonyl (C=O) groups is 1. The van der Waals surface area contributed by atoms with Gasteiger partial charge < -0.3 is 9.73 Å². The maximum absolute atomic E-state index is 12.9. The summed E-state index contributed by atoms with van der Waals surface area (Å²) < 4.78 is 7.45. The average Bonchev–Trinajstić information content (AvgIpc) is 3.39. The van der Waals surface area contributed by atoms with Crippen LogP contribution in [0.4, 0.5) is 0 Å². The minimum Gasteiger partial charge on any atom is -0.420 e. The fourth-order valence-corrected chi connectivity index (χ4v) is 3.66. The van der Waals surface area contributed by atoms with Crippen LogP contribution in [0.3, 0.4) is 0 Å². The Labute approximate surface area is 180 Å². The molecule has 1 atom stereocenters. The third-order valence-corrected chi connectivity index (χ3v) is 5.48. The Morgan fingerprint density at radius 3 is 2.61 bits per heavy atom. The molecule has 7 heteroatoms. The topological polar surface area (TPSA) is 85.8 Å². The molecule has 2 aromatic heterocycles. The predicted octanol–water partition coefficient (Wildman–Crippen LogP) is 4.60. The molecule has 156 valence electrons. The molecule has 0 spiro atoms. The van der Waals surface area contributed by atoms with Crippen molar-refractivity contribution in [1.82, 2.24) is 25.3 Å². The van der Waals surface area contributed by atoms with E-state index in [0.29, 0.717) is 29.0 Å². The molecule has 5 rings (SSSR count). The molecule has 31 heavy (non-hydrogen) atoms. The van der Waals surface area contributed by atoms with E-state index in [-0.39, 0.29) is 11.9 Å². The van der Waals surface area contributed by atoms with E-state index in [1.54, 1.807) is 6.92 Å². The van der Waals surface area contributed by atoms with Gasteiger partial charge in [-0.2, -0.15) is 5.10 Å². The van der Waals surface area contributed by atoms with Crippen molar-refractivity contribution in [2.24, 2.45) is 0 Å². The van der Waals surface area contributed by atoms with Gasteiger partial charge in [0.05, 0.1) is 11.7 Å². The smallest absolute Gasteiger partial charge is 0.268 e. The molecule has 0 unspecified atom stereocenters. The summed E-state index contributed by atoms with van der Waals surface area (Å²) in [7, 11) is 0. The Bertz CT molecular complexity index is 1220. The quantitative estimate of drug-likeness (QED) is 0.499. The molecule has 7 nitrogen and oxygen atoms in total. The van der Waals surface area contributed by atoms with Crippen molar-refractivity contribution in [3.63, 3.8) is 0 Å². The van der Waals surface area contributed by atoms with Crippen LogP contribution in [0.2, 0.25) is 0 Å². The van der Waals surface area contributed by atoms with Crippen LogP contribution >= 0.6 is 0 Å². The minimum absolute atomic E-state index is 0.0866. The zero-order valence-electron chi connectivity index (χ0n) is 17.4. The van der Waals surface area contributed by atoms with Crippen molar-refractivity contribution in [2.75, 3.05) is 0 Å². The molecule has 1 aliphatic carbocycles. The normalized spacial score (nSPS) is 14.4. The Hall–Kier alpha value is -3.74. The van der Waals surface area contributed by atoms with Crippen LogP contribution in [-0.2, 0) is 0 Å². The number of aryl methyl sites for hydroxylation is 1. The van der Waals surface area contributed by atoms with Gasteiger partial charge in [-0.3, -0.25) is 4.79 Å². The number of amides is 1. The van der Waals surface area contributed by atoms with E-state index in [9.17, 15) is 4.79 Å². The fraction of sp³-hybridized carbons (Fsp3) is 0.250. The third kappa shape index (κ3) is 3.99. The van der Waals surface area contributed by atoms with Crippen LogP contribution in [0.1, 0.15) is 59.2 Å². The lowest BCUT2D eigenvalue weighted by Gasteiger charge is -2.15. The van der Waals surface area contributed by atoms with Crippen molar-refractivity contribution in [3.8, 4) is 17.3 Å². The molecule has 0 radical (unpaired) electrons. The highest BCUT2D eigenvalue weighted by Gasteiger charge is 2.30. The second-order valence-electron chi connectivity index (χ2n) is 7.92. The summed E-state index contributed by atoms with van der Waals surface area (Å²) in [5, 5.41) is 15.8. The van der Waals surface area contributed by atoms with Gasteiger partial charge in [-0.15, -0.1) is 10.2 Å². The van der Waals surface area contributed by atoms with Crippen molar-refractivity contribution in [1.29, 1.82) is 0 Å². The van der Waals surface area contributed by atoms with E-state index < -0.39 is 0 Å². The third-order valence-electron chi connectivity index (χ3n) is 5.48. The number of nitrogens with one attached hydrogen (secondary N) is 1. The summed E-state index contributed by atoms with van der Waals surface area (Å²) >= 11 is 0. The largest absolute Gasteiger partial charge is 0.420 e. The van der Waals surface area contributed by atoms with Crippen LogP contribution in [-0.4, -0.2) is 25.9 Å². The van der Waals surface area contributed by atoms with Gasteiger partial charge in [0, 0.05) is 24.1 Å². The summed E-state index contributed by atoms with van der Waals surface area (Å²) in [5.74, 6) is 1.25. The van der Waals surface area contributed by atoms with Crippen LogP contribution in [0.15, 0.2) is 65.1 Å². The lowest BCUT2D eigenvalue weighted by molar-refractivity contribution is 0.0940. The molecule has 1 aliphatic rings. The van der Waals surface area contributed by atoms with Crippen LogP contribution < -0.4 is 5.32 Å². The molecule has 2 heterocycles. The van der Waals surface area contributed by atoms with Crippen molar-refractivity contribution in [3.05, 3.63) is 83.4 Å². The molecule has 2 aromatic carbocycles. The number of hydrogen-bond acceptors (Lipinski definition) is 5. The fourth-order valence-electron chi connectivity index (χ4n) is 3.66. The molecule has 1 N–H and O–H groups in total. The Morgan fingerprint density at radius 2 is 1.90 bits per heavy atom. The second-order valence-corrected chi connectivity index (χ2v) is 7.92. The van der Waals surface area contributed by atoms with E-state index >= 15 is 0 Å². The van der Waals surface area contributed by atoms with Crippen molar-refractivity contribution >= 4 is 5.91 Å². The minimum atomic E-state index is -0.119. The van der Waals surface area contributed by atoms with E-state index in [1.807, 2.05) is 72.3 Å². The van der Waals surface area contributed by atoms with Gasteiger partial charge in [-0.1, -0.05) is 36.4 Å². The molecule has 0 saturated heterocycles. The maximum Gasteiger partial charge on any atom is 0.268 e. The van der Waals surface area contributed by atoms with E-state index in [2.05, 4.69) is 15.5 Å². The van der Waals surface area contributed by atoms with Gasteiger partial charge in [0.1, 0.15) is 5.69 Å². The molecular weight excluding hydrogens is 390 g/mol. The molecular formula is C24H23N5O2. The highest BCUT2D eigenvalue weighted by Crippen LogP contribution is 2.42. The number of benzene rings is 2. The van der Waals surface area contributed by atoms with Crippen LogP contribution in [0.25, 0.3) is 17.3 Å². The SMILES string of the molecule is Cc1nnc(-c2cc(C3CC3)n(-c3cccc(C(=O)N[C@@H](C)c4ccccc4)c3)n2)o1.